The topological polar surface area (TPSA) is 29.3 Å². The van der Waals surface area contributed by atoms with E-state index in [1.165, 1.54) is 31.5 Å². The van der Waals surface area contributed by atoms with Crippen LogP contribution in [0.2, 0.25) is 0 Å². The van der Waals surface area contributed by atoms with Crippen molar-refractivity contribution in [3.05, 3.63) is 29.8 Å². The smallest absolute Gasteiger partial charge is 0.0314 e. The zero-order chi connectivity index (χ0) is 13.1. The number of anilines is 1. The van der Waals surface area contributed by atoms with Crippen LogP contribution in [0.15, 0.2) is 24.3 Å². The summed E-state index contributed by atoms with van der Waals surface area (Å²) in [6, 6.07) is 9.10. The molecule has 0 aromatic heterocycles. The van der Waals surface area contributed by atoms with Gasteiger partial charge >= 0.3 is 0 Å². The van der Waals surface area contributed by atoms with Crippen LogP contribution >= 0.6 is 0 Å². The van der Waals surface area contributed by atoms with Crippen LogP contribution in [0.5, 0.6) is 0 Å². The molecule has 1 aliphatic heterocycles. The van der Waals surface area contributed by atoms with Gasteiger partial charge in [0.1, 0.15) is 0 Å². The van der Waals surface area contributed by atoms with Gasteiger partial charge in [-0.2, -0.15) is 0 Å². The molecule has 2 heteroatoms. The molecule has 1 fully saturated rings. The maximum absolute atomic E-state index is 5.73. The van der Waals surface area contributed by atoms with E-state index in [0.717, 1.165) is 17.6 Å². The van der Waals surface area contributed by atoms with Gasteiger partial charge in [0.15, 0.2) is 0 Å². The summed E-state index contributed by atoms with van der Waals surface area (Å²) < 4.78 is 0. The van der Waals surface area contributed by atoms with E-state index in [1.807, 2.05) is 12.1 Å². The second kappa shape index (κ2) is 5.75. The van der Waals surface area contributed by atoms with Crippen LogP contribution in [0, 0.1) is 5.92 Å². The first-order valence-electron chi connectivity index (χ1n) is 7.15. The summed E-state index contributed by atoms with van der Waals surface area (Å²) in [6.45, 7) is 9.53. The fraction of sp³-hybridized carbons (Fsp3) is 0.625. The molecule has 2 rings (SSSR count). The summed E-state index contributed by atoms with van der Waals surface area (Å²) in [5.74, 6) is 1.49. The van der Waals surface area contributed by atoms with E-state index in [2.05, 4.69) is 37.8 Å². The maximum atomic E-state index is 5.73. The van der Waals surface area contributed by atoms with Gasteiger partial charge < -0.3 is 10.6 Å². The van der Waals surface area contributed by atoms with Crippen LogP contribution in [0.4, 0.5) is 5.69 Å². The Kier molecular flexibility index (Phi) is 4.28. The number of likely N-dealkylation sites (tertiary alicyclic amines) is 1. The Balaban J connectivity index is 1.84. The Morgan fingerprint density at radius 2 is 1.94 bits per heavy atom. The second-order valence-corrected chi connectivity index (χ2v) is 6.04. The third kappa shape index (κ3) is 3.26. The van der Waals surface area contributed by atoms with E-state index in [4.69, 9.17) is 5.73 Å². The summed E-state index contributed by atoms with van der Waals surface area (Å²) in [5.41, 5.74) is 7.99. The lowest BCUT2D eigenvalue weighted by molar-refractivity contribution is 0.256. The highest BCUT2D eigenvalue weighted by molar-refractivity contribution is 5.40. The fourth-order valence-corrected chi connectivity index (χ4v) is 3.05. The number of nitrogen functional groups attached to an aromatic ring is 1. The van der Waals surface area contributed by atoms with E-state index in [9.17, 15) is 0 Å². The Bertz CT molecular complexity index is 371. The van der Waals surface area contributed by atoms with Gasteiger partial charge in [0, 0.05) is 18.3 Å². The minimum atomic E-state index is 0.619. The third-order valence-corrected chi connectivity index (χ3v) is 4.27. The Hall–Kier alpha value is -1.02. The fourth-order valence-electron chi connectivity index (χ4n) is 3.05. The van der Waals surface area contributed by atoms with Crippen LogP contribution in [0.25, 0.3) is 0 Å². The van der Waals surface area contributed by atoms with E-state index < -0.39 is 0 Å². The van der Waals surface area contributed by atoms with Gasteiger partial charge in [-0.05, 0) is 55.8 Å². The zero-order valence-electron chi connectivity index (χ0n) is 11.9. The molecule has 100 valence electrons. The highest BCUT2D eigenvalue weighted by Crippen LogP contribution is 2.25. The average Bonchev–Trinajstić information content (AvgIpc) is 2.66. The van der Waals surface area contributed by atoms with Crippen molar-refractivity contribution in [1.82, 2.24) is 4.90 Å². The zero-order valence-corrected chi connectivity index (χ0v) is 11.9. The molecule has 3 atom stereocenters. The van der Waals surface area contributed by atoms with Crippen molar-refractivity contribution in [3.63, 3.8) is 0 Å². The number of hydrogen-bond acceptors (Lipinski definition) is 2. The van der Waals surface area contributed by atoms with Gasteiger partial charge in [-0.25, -0.2) is 0 Å². The summed E-state index contributed by atoms with van der Waals surface area (Å²) in [5, 5.41) is 0. The largest absolute Gasteiger partial charge is 0.399 e. The summed E-state index contributed by atoms with van der Waals surface area (Å²) >= 11 is 0. The SMILES string of the molecule is CC1CC(C)N(CCC(C)c2ccc(N)cc2)C1. The number of benzene rings is 1. The molecule has 0 bridgehead atoms. The highest BCUT2D eigenvalue weighted by atomic mass is 15.2. The lowest BCUT2D eigenvalue weighted by atomic mass is 9.97. The van der Waals surface area contributed by atoms with Crippen molar-refractivity contribution in [2.75, 3.05) is 18.8 Å². The summed E-state index contributed by atoms with van der Waals surface area (Å²) in [6.07, 6.45) is 2.59. The molecular weight excluding hydrogens is 220 g/mol. The van der Waals surface area contributed by atoms with Gasteiger partial charge in [0.05, 0.1) is 0 Å². The normalized spacial score (nSPS) is 26.4. The standard InChI is InChI=1S/C16H26N2/c1-12-10-14(3)18(11-12)9-8-13(2)15-4-6-16(17)7-5-15/h4-7,12-14H,8-11,17H2,1-3H3. The third-order valence-electron chi connectivity index (χ3n) is 4.27. The van der Waals surface area contributed by atoms with Crippen LogP contribution in [0.3, 0.4) is 0 Å². The van der Waals surface area contributed by atoms with Crippen molar-refractivity contribution >= 4 is 5.69 Å². The quantitative estimate of drug-likeness (QED) is 0.824. The molecule has 0 spiro atoms. The lowest BCUT2D eigenvalue weighted by Gasteiger charge is -2.23. The molecule has 0 amide bonds. The minimum Gasteiger partial charge on any atom is -0.399 e. The van der Waals surface area contributed by atoms with E-state index in [0.29, 0.717) is 5.92 Å². The first-order valence-corrected chi connectivity index (χ1v) is 7.15. The number of hydrogen-bond donors (Lipinski definition) is 1. The molecule has 1 aromatic carbocycles. The molecule has 0 saturated carbocycles. The number of nitrogens with two attached hydrogens (primary N) is 1. The highest BCUT2D eigenvalue weighted by Gasteiger charge is 2.25. The lowest BCUT2D eigenvalue weighted by Crippen LogP contribution is -2.28. The van der Waals surface area contributed by atoms with Crippen molar-refractivity contribution in [2.45, 2.75) is 45.6 Å². The second-order valence-electron chi connectivity index (χ2n) is 6.04. The Labute approximate surface area is 111 Å². The molecule has 1 heterocycles. The molecule has 2 nitrogen and oxygen atoms in total. The van der Waals surface area contributed by atoms with Gasteiger partial charge in [-0.15, -0.1) is 0 Å². The van der Waals surface area contributed by atoms with Gasteiger partial charge in [-0.3, -0.25) is 0 Å². The molecule has 1 aliphatic rings. The van der Waals surface area contributed by atoms with Crippen LogP contribution in [-0.2, 0) is 0 Å². The van der Waals surface area contributed by atoms with Crippen LogP contribution < -0.4 is 5.73 Å². The summed E-state index contributed by atoms with van der Waals surface area (Å²) in [4.78, 5) is 2.64. The van der Waals surface area contributed by atoms with Crippen molar-refractivity contribution in [3.8, 4) is 0 Å². The molecule has 2 N–H and O–H groups in total. The van der Waals surface area contributed by atoms with Gasteiger partial charge in [-0.1, -0.05) is 26.0 Å². The van der Waals surface area contributed by atoms with Gasteiger partial charge in [0.2, 0.25) is 0 Å². The summed E-state index contributed by atoms with van der Waals surface area (Å²) in [7, 11) is 0. The van der Waals surface area contributed by atoms with Crippen molar-refractivity contribution in [2.24, 2.45) is 5.92 Å². The molecule has 3 unspecified atom stereocenters. The molecule has 0 radical (unpaired) electrons. The maximum Gasteiger partial charge on any atom is 0.0314 e. The van der Waals surface area contributed by atoms with Crippen molar-refractivity contribution < 1.29 is 0 Å². The van der Waals surface area contributed by atoms with E-state index in [1.54, 1.807) is 0 Å². The molecule has 18 heavy (non-hydrogen) atoms. The molecule has 1 aromatic rings. The monoisotopic (exact) mass is 246 g/mol. The van der Waals surface area contributed by atoms with Crippen LogP contribution in [0.1, 0.15) is 45.1 Å². The predicted octanol–water partition coefficient (Wildman–Crippen LogP) is 3.49. The number of rotatable bonds is 4. The first kappa shape index (κ1) is 13.4. The molecular formula is C16H26N2. The Morgan fingerprint density at radius 1 is 1.28 bits per heavy atom. The van der Waals surface area contributed by atoms with Crippen LogP contribution in [-0.4, -0.2) is 24.0 Å². The van der Waals surface area contributed by atoms with E-state index in [-0.39, 0.29) is 0 Å². The Morgan fingerprint density at radius 3 is 2.50 bits per heavy atom. The van der Waals surface area contributed by atoms with E-state index >= 15 is 0 Å². The van der Waals surface area contributed by atoms with Crippen molar-refractivity contribution in [1.29, 1.82) is 0 Å². The molecule has 1 saturated heterocycles. The molecule has 0 aliphatic carbocycles. The first-order chi connectivity index (χ1) is 8.56. The predicted molar refractivity (Wildman–Crippen MR) is 78.7 cm³/mol. The average molecular weight is 246 g/mol. The van der Waals surface area contributed by atoms with Gasteiger partial charge in [0.25, 0.3) is 0 Å². The minimum absolute atomic E-state index is 0.619. The number of nitrogens with zero attached hydrogens (tertiary/aromatic N) is 1.